The second-order valence-electron chi connectivity index (χ2n) is 3.16. The summed E-state index contributed by atoms with van der Waals surface area (Å²) >= 11 is 3.12. The Balaban J connectivity index is 1.80. The summed E-state index contributed by atoms with van der Waals surface area (Å²) in [5.41, 5.74) is 0.878. The molecule has 0 atom stereocenters. The van der Waals surface area contributed by atoms with Gasteiger partial charge in [0, 0.05) is 10.3 Å². The number of hydrogen-bond donors (Lipinski definition) is 1. The molecule has 0 bridgehead atoms. The molecule has 82 valence electrons. The monoisotopic (exact) mass is 249 g/mol. The van der Waals surface area contributed by atoms with Gasteiger partial charge in [-0.3, -0.25) is 4.79 Å². The molecule has 16 heavy (non-hydrogen) atoms. The zero-order valence-electron chi connectivity index (χ0n) is 8.55. The Kier molecular flexibility index (Phi) is 4.02. The average Bonchev–Trinajstić information content (AvgIpc) is 2.81. The average molecular weight is 249 g/mol. The van der Waals surface area contributed by atoms with Crippen molar-refractivity contribution >= 4 is 34.7 Å². The molecular formula is C12H11NOS2. The Bertz CT molecular complexity index is 439. The van der Waals surface area contributed by atoms with Crippen LogP contribution in [0.2, 0.25) is 0 Å². The molecule has 2 nitrogen and oxygen atoms in total. The first kappa shape index (κ1) is 11.2. The van der Waals surface area contributed by atoms with Gasteiger partial charge < -0.3 is 5.32 Å². The first-order valence-electron chi connectivity index (χ1n) is 4.84. The maximum Gasteiger partial charge on any atom is 0.234 e. The minimum atomic E-state index is 0.0345. The molecule has 2 aromatic rings. The number of hydrogen-bond acceptors (Lipinski definition) is 3. The van der Waals surface area contributed by atoms with E-state index in [1.807, 2.05) is 47.2 Å². The number of amides is 1. The van der Waals surface area contributed by atoms with Crippen LogP contribution in [0.1, 0.15) is 0 Å². The fraction of sp³-hybridized carbons (Fsp3) is 0.0833. The summed E-state index contributed by atoms with van der Waals surface area (Å²) < 4.78 is 0. The first-order valence-corrected chi connectivity index (χ1v) is 6.77. The van der Waals surface area contributed by atoms with Crippen molar-refractivity contribution < 1.29 is 4.79 Å². The van der Waals surface area contributed by atoms with Crippen molar-refractivity contribution in [2.75, 3.05) is 11.1 Å². The minimum absolute atomic E-state index is 0.0345. The number of carbonyl (C=O) groups excluding carboxylic acids is 1. The van der Waals surface area contributed by atoms with Gasteiger partial charge in [0.1, 0.15) is 0 Å². The predicted molar refractivity (Wildman–Crippen MR) is 70.1 cm³/mol. The standard InChI is InChI=1S/C12H11NOS2/c14-12(13-10-6-7-15-8-10)9-16-11-4-2-1-3-5-11/h1-8H,9H2,(H,13,14). The van der Waals surface area contributed by atoms with E-state index < -0.39 is 0 Å². The highest BCUT2D eigenvalue weighted by atomic mass is 32.2. The third-order valence-corrected chi connectivity index (χ3v) is 3.61. The lowest BCUT2D eigenvalue weighted by atomic mass is 10.4. The van der Waals surface area contributed by atoms with Gasteiger partial charge in [-0.05, 0) is 23.6 Å². The SMILES string of the molecule is O=C(CSc1ccccc1)Nc1ccsc1. The van der Waals surface area contributed by atoms with E-state index in [-0.39, 0.29) is 5.91 Å². The van der Waals surface area contributed by atoms with E-state index in [2.05, 4.69) is 5.32 Å². The van der Waals surface area contributed by atoms with Crippen molar-refractivity contribution in [3.63, 3.8) is 0 Å². The molecule has 1 aromatic carbocycles. The fourth-order valence-corrected chi connectivity index (χ4v) is 2.51. The van der Waals surface area contributed by atoms with Crippen LogP contribution in [0.4, 0.5) is 5.69 Å². The van der Waals surface area contributed by atoms with Gasteiger partial charge in [0.2, 0.25) is 5.91 Å². The van der Waals surface area contributed by atoms with Gasteiger partial charge in [-0.15, -0.1) is 11.8 Å². The van der Waals surface area contributed by atoms with Gasteiger partial charge in [-0.2, -0.15) is 11.3 Å². The summed E-state index contributed by atoms with van der Waals surface area (Å²) in [5.74, 6) is 0.479. The summed E-state index contributed by atoms with van der Waals surface area (Å²) in [4.78, 5) is 12.7. The molecule has 1 aromatic heterocycles. The second-order valence-corrected chi connectivity index (χ2v) is 4.99. The van der Waals surface area contributed by atoms with Crippen LogP contribution in [0.15, 0.2) is 52.1 Å². The second kappa shape index (κ2) is 5.72. The van der Waals surface area contributed by atoms with Gasteiger partial charge in [0.15, 0.2) is 0 Å². The third-order valence-electron chi connectivity index (χ3n) is 1.92. The minimum Gasteiger partial charge on any atom is -0.325 e. The van der Waals surface area contributed by atoms with Gasteiger partial charge in [-0.1, -0.05) is 18.2 Å². The van der Waals surface area contributed by atoms with Crippen molar-refractivity contribution in [3.05, 3.63) is 47.2 Å². The van der Waals surface area contributed by atoms with E-state index in [1.54, 1.807) is 23.1 Å². The molecule has 0 unspecified atom stereocenters. The van der Waals surface area contributed by atoms with E-state index in [0.717, 1.165) is 10.6 Å². The van der Waals surface area contributed by atoms with Crippen molar-refractivity contribution in [2.45, 2.75) is 4.90 Å². The summed E-state index contributed by atoms with van der Waals surface area (Å²) in [6, 6.07) is 11.8. The lowest BCUT2D eigenvalue weighted by Crippen LogP contribution is -2.13. The zero-order valence-corrected chi connectivity index (χ0v) is 10.2. The van der Waals surface area contributed by atoms with Crippen LogP contribution >= 0.6 is 23.1 Å². The molecule has 1 heterocycles. The lowest BCUT2D eigenvalue weighted by molar-refractivity contribution is -0.113. The molecule has 1 amide bonds. The summed E-state index contributed by atoms with van der Waals surface area (Å²) in [6.07, 6.45) is 0. The fourth-order valence-electron chi connectivity index (χ4n) is 1.20. The maximum atomic E-state index is 11.6. The van der Waals surface area contributed by atoms with Crippen molar-refractivity contribution in [3.8, 4) is 0 Å². The summed E-state index contributed by atoms with van der Waals surface area (Å²) in [5, 5.41) is 6.71. The number of carbonyl (C=O) groups is 1. The third kappa shape index (κ3) is 3.40. The topological polar surface area (TPSA) is 29.1 Å². The Morgan fingerprint density at radius 2 is 2.06 bits per heavy atom. The molecular weight excluding hydrogens is 238 g/mol. The molecule has 0 aliphatic heterocycles. The highest BCUT2D eigenvalue weighted by Crippen LogP contribution is 2.18. The summed E-state index contributed by atoms with van der Waals surface area (Å²) in [6.45, 7) is 0. The predicted octanol–water partition coefficient (Wildman–Crippen LogP) is 3.48. The smallest absolute Gasteiger partial charge is 0.234 e. The van der Waals surface area contributed by atoms with Crippen LogP contribution in [0.5, 0.6) is 0 Å². The molecule has 0 radical (unpaired) electrons. The van der Waals surface area contributed by atoms with Gasteiger partial charge in [0.25, 0.3) is 0 Å². The molecule has 0 saturated carbocycles. The van der Waals surface area contributed by atoms with E-state index in [0.29, 0.717) is 5.75 Å². The van der Waals surface area contributed by atoms with Crippen LogP contribution in [-0.2, 0) is 4.79 Å². The normalized spacial score (nSPS) is 10.0. The largest absolute Gasteiger partial charge is 0.325 e. The number of benzene rings is 1. The van der Waals surface area contributed by atoms with Crippen LogP contribution in [0.3, 0.4) is 0 Å². The zero-order chi connectivity index (χ0) is 11.2. The van der Waals surface area contributed by atoms with E-state index >= 15 is 0 Å². The highest BCUT2D eigenvalue weighted by Gasteiger charge is 2.03. The van der Waals surface area contributed by atoms with E-state index in [1.165, 1.54) is 0 Å². The van der Waals surface area contributed by atoms with Crippen LogP contribution in [0.25, 0.3) is 0 Å². The van der Waals surface area contributed by atoms with Gasteiger partial charge in [0.05, 0.1) is 11.4 Å². The van der Waals surface area contributed by atoms with Crippen LogP contribution in [-0.4, -0.2) is 11.7 Å². The molecule has 4 heteroatoms. The highest BCUT2D eigenvalue weighted by molar-refractivity contribution is 8.00. The Morgan fingerprint density at radius 1 is 1.25 bits per heavy atom. The van der Waals surface area contributed by atoms with Crippen molar-refractivity contribution in [1.82, 2.24) is 0 Å². The van der Waals surface area contributed by atoms with E-state index in [4.69, 9.17) is 0 Å². The number of anilines is 1. The Morgan fingerprint density at radius 3 is 2.75 bits per heavy atom. The number of thioether (sulfide) groups is 1. The van der Waals surface area contributed by atoms with Gasteiger partial charge in [-0.25, -0.2) is 0 Å². The lowest BCUT2D eigenvalue weighted by Gasteiger charge is -2.02. The van der Waals surface area contributed by atoms with Crippen molar-refractivity contribution in [2.24, 2.45) is 0 Å². The molecule has 0 aliphatic carbocycles. The maximum absolute atomic E-state index is 11.6. The molecule has 2 rings (SSSR count). The molecule has 0 fully saturated rings. The molecule has 0 saturated heterocycles. The van der Waals surface area contributed by atoms with E-state index in [9.17, 15) is 4.79 Å². The molecule has 0 spiro atoms. The summed E-state index contributed by atoms with van der Waals surface area (Å²) in [7, 11) is 0. The molecule has 0 aliphatic rings. The number of rotatable bonds is 4. The van der Waals surface area contributed by atoms with Crippen LogP contribution in [0, 0.1) is 0 Å². The number of nitrogens with one attached hydrogen (secondary N) is 1. The molecule has 1 N–H and O–H groups in total. The first-order chi connectivity index (χ1) is 7.84. The van der Waals surface area contributed by atoms with Crippen LogP contribution < -0.4 is 5.32 Å². The number of thiophene rings is 1. The quantitative estimate of drug-likeness (QED) is 0.840. The Hall–Kier alpha value is -1.26. The van der Waals surface area contributed by atoms with Gasteiger partial charge >= 0.3 is 0 Å². The Labute approximate surface area is 103 Å². The van der Waals surface area contributed by atoms with Crippen molar-refractivity contribution in [1.29, 1.82) is 0 Å².